The molecule has 1 aliphatic rings. The van der Waals surface area contributed by atoms with E-state index in [1.807, 2.05) is 30.0 Å². The van der Waals surface area contributed by atoms with E-state index in [-0.39, 0.29) is 5.91 Å². The van der Waals surface area contributed by atoms with Crippen LogP contribution < -0.4 is 0 Å². The van der Waals surface area contributed by atoms with Crippen molar-refractivity contribution in [1.82, 2.24) is 9.88 Å². The Morgan fingerprint density at radius 2 is 2.17 bits per heavy atom. The van der Waals surface area contributed by atoms with Crippen molar-refractivity contribution in [1.29, 1.82) is 0 Å². The molecular weight excluding hydrogens is 228 g/mol. The van der Waals surface area contributed by atoms with Crippen LogP contribution in [0.1, 0.15) is 24.3 Å². The molecule has 1 aromatic heterocycles. The summed E-state index contributed by atoms with van der Waals surface area (Å²) >= 11 is 0. The maximum Gasteiger partial charge on any atom is 0.226 e. The Labute approximate surface area is 106 Å². The van der Waals surface area contributed by atoms with Crippen LogP contribution in [0.15, 0.2) is 22.6 Å². The van der Waals surface area contributed by atoms with Gasteiger partial charge in [0, 0.05) is 20.0 Å². The van der Waals surface area contributed by atoms with Gasteiger partial charge in [-0.3, -0.25) is 4.79 Å². The van der Waals surface area contributed by atoms with Crippen molar-refractivity contribution < 1.29 is 9.21 Å². The highest BCUT2D eigenvalue weighted by Gasteiger charge is 2.18. The second-order valence-electron chi connectivity index (χ2n) is 4.80. The van der Waals surface area contributed by atoms with Crippen molar-refractivity contribution in [2.24, 2.45) is 0 Å². The van der Waals surface area contributed by atoms with Crippen molar-refractivity contribution in [3.05, 3.63) is 29.7 Å². The molecule has 18 heavy (non-hydrogen) atoms. The zero-order valence-corrected chi connectivity index (χ0v) is 10.5. The van der Waals surface area contributed by atoms with E-state index in [1.54, 1.807) is 0 Å². The number of aromatic nitrogens is 1. The van der Waals surface area contributed by atoms with Gasteiger partial charge in [0.15, 0.2) is 11.5 Å². The number of nitrogens with zero attached hydrogens (tertiary/aromatic N) is 2. The predicted molar refractivity (Wildman–Crippen MR) is 68.3 cm³/mol. The van der Waals surface area contributed by atoms with Gasteiger partial charge in [0.25, 0.3) is 0 Å². The summed E-state index contributed by atoms with van der Waals surface area (Å²) in [7, 11) is 0. The summed E-state index contributed by atoms with van der Waals surface area (Å²) in [6.45, 7) is 3.64. The molecule has 0 radical (unpaired) electrons. The van der Waals surface area contributed by atoms with Crippen LogP contribution in [-0.2, 0) is 11.2 Å². The van der Waals surface area contributed by atoms with Gasteiger partial charge >= 0.3 is 0 Å². The minimum atomic E-state index is 0.211. The molecule has 3 rings (SSSR count). The predicted octanol–water partition coefficient (Wildman–Crippen LogP) is 2.30. The van der Waals surface area contributed by atoms with Gasteiger partial charge in [-0.2, -0.15) is 0 Å². The summed E-state index contributed by atoms with van der Waals surface area (Å²) in [6, 6.07) is 5.79. The Hall–Kier alpha value is -1.84. The molecule has 94 valence electrons. The standard InChI is InChI=1S/C14H16N2O2/c1-10-15-12-5-4-11(8-13(12)18-10)9-14(17)16-6-2-3-7-16/h4-5,8H,2-3,6-7,9H2,1H3. The highest BCUT2D eigenvalue weighted by Crippen LogP contribution is 2.18. The van der Waals surface area contributed by atoms with E-state index < -0.39 is 0 Å². The number of fused-ring (bicyclic) bond motifs is 1. The molecule has 4 heteroatoms. The smallest absolute Gasteiger partial charge is 0.226 e. The van der Waals surface area contributed by atoms with Gasteiger partial charge in [-0.15, -0.1) is 0 Å². The zero-order valence-electron chi connectivity index (χ0n) is 10.5. The molecule has 0 bridgehead atoms. The molecule has 1 amide bonds. The number of hydrogen-bond donors (Lipinski definition) is 0. The van der Waals surface area contributed by atoms with Gasteiger partial charge < -0.3 is 9.32 Å². The number of likely N-dealkylation sites (tertiary alicyclic amines) is 1. The minimum absolute atomic E-state index is 0.211. The fourth-order valence-electron chi connectivity index (χ4n) is 2.45. The molecule has 1 fully saturated rings. The Morgan fingerprint density at radius 1 is 1.39 bits per heavy atom. The van der Waals surface area contributed by atoms with Gasteiger partial charge in [0.2, 0.25) is 5.91 Å². The Balaban J connectivity index is 1.79. The maximum atomic E-state index is 12.0. The van der Waals surface area contributed by atoms with E-state index in [1.165, 1.54) is 0 Å². The topological polar surface area (TPSA) is 46.3 Å². The summed E-state index contributed by atoms with van der Waals surface area (Å²) < 4.78 is 5.48. The van der Waals surface area contributed by atoms with E-state index in [2.05, 4.69) is 4.98 Å². The van der Waals surface area contributed by atoms with Crippen LogP contribution in [0.5, 0.6) is 0 Å². The zero-order chi connectivity index (χ0) is 12.5. The molecule has 0 spiro atoms. The molecule has 0 aliphatic carbocycles. The normalized spacial score (nSPS) is 15.5. The fourth-order valence-corrected chi connectivity index (χ4v) is 2.45. The first-order valence-corrected chi connectivity index (χ1v) is 6.36. The number of carbonyl (C=O) groups is 1. The molecular formula is C14H16N2O2. The van der Waals surface area contributed by atoms with Crippen LogP contribution in [0.4, 0.5) is 0 Å². The molecule has 4 nitrogen and oxygen atoms in total. The first-order valence-electron chi connectivity index (χ1n) is 6.36. The van der Waals surface area contributed by atoms with Crippen LogP contribution >= 0.6 is 0 Å². The Kier molecular flexibility index (Phi) is 2.78. The van der Waals surface area contributed by atoms with Crippen molar-refractivity contribution in [2.75, 3.05) is 13.1 Å². The molecule has 1 aromatic carbocycles. The third-order valence-corrected chi connectivity index (χ3v) is 3.37. The van der Waals surface area contributed by atoms with Crippen LogP contribution in [0.25, 0.3) is 11.1 Å². The molecule has 0 saturated carbocycles. The molecule has 1 saturated heterocycles. The molecule has 0 atom stereocenters. The van der Waals surface area contributed by atoms with Gasteiger partial charge in [0.1, 0.15) is 5.52 Å². The average Bonchev–Trinajstić information content (AvgIpc) is 2.95. The first-order chi connectivity index (χ1) is 8.72. The van der Waals surface area contributed by atoms with Crippen molar-refractivity contribution >= 4 is 17.0 Å². The van der Waals surface area contributed by atoms with E-state index in [4.69, 9.17) is 4.42 Å². The van der Waals surface area contributed by atoms with E-state index >= 15 is 0 Å². The van der Waals surface area contributed by atoms with Crippen LogP contribution in [0.3, 0.4) is 0 Å². The first kappa shape index (κ1) is 11.3. The van der Waals surface area contributed by atoms with Crippen LogP contribution in [-0.4, -0.2) is 28.9 Å². The number of benzene rings is 1. The quantitative estimate of drug-likeness (QED) is 0.814. The number of aryl methyl sites for hydroxylation is 1. The Morgan fingerprint density at radius 3 is 2.94 bits per heavy atom. The highest BCUT2D eigenvalue weighted by atomic mass is 16.3. The highest BCUT2D eigenvalue weighted by molar-refractivity contribution is 5.81. The van der Waals surface area contributed by atoms with E-state index in [0.717, 1.165) is 42.6 Å². The van der Waals surface area contributed by atoms with Crippen molar-refractivity contribution in [2.45, 2.75) is 26.2 Å². The second-order valence-corrected chi connectivity index (χ2v) is 4.80. The largest absolute Gasteiger partial charge is 0.441 e. The Bertz CT molecular complexity index is 582. The lowest BCUT2D eigenvalue weighted by molar-refractivity contribution is -0.129. The lowest BCUT2D eigenvalue weighted by Crippen LogP contribution is -2.28. The number of carbonyl (C=O) groups excluding carboxylic acids is 1. The molecule has 2 heterocycles. The molecule has 2 aromatic rings. The number of rotatable bonds is 2. The van der Waals surface area contributed by atoms with Gasteiger partial charge in [-0.25, -0.2) is 4.98 Å². The number of amides is 1. The molecule has 1 aliphatic heterocycles. The monoisotopic (exact) mass is 244 g/mol. The van der Waals surface area contributed by atoms with Crippen molar-refractivity contribution in [3.8, 4) is 0 Å². The third kappa shape index (κ3) is 2.10. The molecule has 0 unspecified atom stereocenters. The minimum Gasteiger partial charge on any atom is -0.441 e. The maximum absolute atomic E-state index is 12.0. The van der Waals surface area contributed by atoms with Crippen molar-refractivity contribution in [3.63, 3.8) is 0 Å². The lowest BCUT2D eigenvalue weighted by atomic mass is 10.1. The van der Waals surface area contributed by atoms with Crippen LogP contribution in [0.2, 0.25) is 0 Å². The lowest BCUT2D eigenvalue weighted by Gasteiger charge is -2.14. The second kappa shape index (κ2) is 4.44. The average molecular weight is 244 g/mol. The summed E-state index contributed by atoms with van der Waals surface area (Å²) in [6.07, 6.45) is 2.72. The van der Waals surface area contributed by atoms with Crippen LogP contribution in [0, 0.1) is 6.92 Å². The summed E-state index contributed by atoms with van der Waals surface area (Å²) in [4.78, 5) is 18.2. The van der Waals surface area contributed by atoms with E-state index in [0.29, 0.717) is 12.3 Å². The number of oxazole rings is 1. The molecule has 0 N–H and O–H groups in total. The van der Waals surface area contributed by atoms with Gasteiger partial charge in [-0.05, 0) is 30.5 Å². The number of hydrogen-bond acceptors (Lipinski definition) is 3. The fraction of sp³-hybridized carbons (Fsp3) is 0.429. The van der Waals surface area contributed by atoms with Gasteiger partial charge in [0.05, 0.1) is 6.42 Å². The van der Waals surface area contributed by atoms with E-state index in [9.17, 15) is 4.79 Å². The van der Waals surface area contributed by atoms with Gasteiger partial charge in [-0.1, -0.05) is 6.07 Å². The SMILES string of the molecule is Cc1nc2ccc(CC(=O)N3CCCC3)cc2o1. The third-order valence-electron chi connectivity index (χ3n) is 3.37. The summed E-state index contributed by atoms with van der Waals surface area (Å²) in [5.74, 6) is 0.871. The summed E-state index contributed by atoms with van der Waals surface area (Å²) in [5, 5.41) is 0. The summed E-state index contributed by atoms with van der Waals surface area (Å²) in [5.41, 5.74) is 2.61.